The van der Waals surface area contributed by atoms with Crippen molar-refractivity contribution < 1.29 is 14.0 Å². The van der Waals surface area contributed by atoms with Gasteiger partial charge >= 0.3 is 5.69 Å². The first-order valence-electron chi connectivity index (χ1n) is 6.94. The lowest BCUT2D eigenvalue weighted by molar-refractivity contribution is -0.692. The summed E-state index contributed by atoms with van der Waals surface area (Å²) in [7, 11) is 6.76. The summed E-state index contributed by atoms with van der Waals surface area (Å²) in [5, 5.41) is 0. The number of aryl methyl sites for hydroxylation is 1. The molecule has 22 heavy (non-hydrogen) atoms. The predicted molar refractivity (Wildman–Crippen MR) is 86.1 cm³/mol. The van der Waals surface area contributed by atoms with E-state index in [2.05, 4.69) is 0 Å². The maximum Gasteiger partial charge on any atom is 0.498 e. The lowest BCUT2D eigenvalue weighted by atomic mass is 10.1. The van der Waals surface area contributed by atoms with Crippen LogP contribution in [0.2, 0.25) is 0 Å². The van der Waals surface area contributed by atoms with E-state index in [9.17, 15) is 4.79 Å². The number of nitrogens with zero attached hydrogens (tertiary/aromatic N) is 2. The summed E-state index contributed by atoms with van der Waals surface area (Å²) in [6, 6.07) is 7.59. The molecule has 0 bridgehead atoms. The zero-order chi connectivity index (χ0) is 16.3. The van der Waals surface area contributed by atoms with Crippen molar-refractivity contribution in [3.05, 3.63) is 51.7 Å². The van der Waals surface area contributed by atoms with E-state index >= 15 is 0 Å². The summed E-state index contributed by atoms with van der Waals surface area (Å²) in [4.78, 5) is 12.1. The van der Waals surface area contributed by atoms with E-state index in [1.54, 1.807) is 37.4 Å². The molecule has 0 saturated heterocycles. The molecular formula is C17H21N2O3+. The minimum absolute atomic E-state index is 0.0543. The van der Waals surface area contributed by atoms with Gasteiger partial charge in [-0.05, 0) is 31.2 Å². The fraction of sp³-hybridized carbons (Fsp3) is 0.294. The lowest BCUT2D eigenvalue weighted by Gasteiger charge is -2.07. The molecule has 0 saturated carbocycles. The van der Waals surface area contributed by atoms with Crippen LogP contribution in [-0.4, -0.2) is 18.8 Å². The van der Waals surface area contributed by atoms with Crippen molar-refractivity contribution in [3.63, 3.8) is 0 Å². The zero-order valence-electron chi connectivity index (χ0n) is 13.6. The van der Waals surface area contributed by atoms with E-state index in [0.717, 1.165) is 28.5 Å². The van der Waals surface area contributed by atoms with E-state index in [4.69, 9.17) is 9.47 Å². The molecule has 0 unspecified atom stereocenters. The van der Waals surface area contributed by atoms with Gasteiger partial charge in [0.1, 0.15) is 22.9 Å². The Labute approximate surface area is 130 Å². The van der Waals surface area contributed by atoms with Crippen LogP contribution < -0.4 is 19.7 Å². The van der Waals surface area contributed by atoms with Crippen molar-refractivity contribution in [3.8, 4) is 11.5 Å². The van der Waals surface area contributed by atoms with Crippen LogP contribution in [0.1, 0.15) is 17.0 Å². The molecule has 1 aromatic heterocycles. The van der Waals surface area contributed by atoms with E-state index in [-0.39, 0.29) is 5.69 Å². The van der Waals surface area contributed by atoms with Crippen LogP contribution in [0, 0.1) is 6.92 Å². The van der Waals surface area contributed by atoms with Crippen molar-refractivity contribution in [1.29, 1.82) is 0 Å². The van der Waals surface area contributed by atoms with Gasteiger partial charge in [-0.15, -0.1) is 0 Å². The quantitative estimate of drug-likeness (QED) is 0.808. The van der Waals surface area contributed by atoms with Crippen LogP contribution in [0.15, 0.2) is 29.1 Å². The highest BCUT2D eigenvalue weighted by molar-refractivity contribution is 5.71. The van der Waals surface area contributed by atoms with Crippen molar-refractivity contribution in [2.24, 2.45) is 14.1 Å². The van der Waals surface area contributed by atoms with Crippen LogP contribution in [0.5, 0.6) is 11.5 Å². The average Bonchev–Trinajstić information content (AvgIpc) is 2.54. The molecule has 0 amide bonds. The van der Waals surface area contributed by atoms with Crippen molar-refractivity contribution in [1.82, 2.24) is 4.57 Å². The van der Waals surface area contributed by atoms with Gasteiger partial charge in [-0.25, -0.2) is 0 Å². The summed E-state index contributed by atoms with van der Waals surface area (Å²) in [5.74, 6) is 1.46. The molecule has 2 rings (SSSR count). The van der Waals surface area contributed by atoms with Crippen LogP contribution in [-0.2, 0) is 14.1 Å². The van der Waals surface area contributed by atoms with Gasteiger partial charge in [-0.1, -0.05) is 0 Å². The molecule has 0 N–H and O–H groups in total. The van der Waals surface area contributed by atoms with Crippen LogP contribution in [0.4, 0.5) is 0 Å². The molecule has 0 radical (unpaired) electrons. The summed E-state index contributed by atoms with van der Waals surface area (Å²) in [6.07, 6.45) is 3.82. The monoisotopic (exact) mass is 301 g/mol. The van der Waals surface area contributed by atoms with Gasteiger partial charge in [0.2, 0.25) is 0 Å². The number of hydrogen-bond donors (Lipinski definition) is 0. The topological polar surface area (TPSA) is 44.3 Å². The molecular weight excluding hydrogens is 280 g/mol. The first-order chi connectivity index (χ1) is 10.5. The molecule has 1 aromatic carbocycles. The Morgan fingerprint density at radius 1 is 1.14 bits per heavy atom. The number of ether oxygens (including phenoxy) is 2. The minimum Gasteiger partial charge on any atom is -0.497 e. The van der Waals surface area contributed by atoms with E-state index < -0.39 is 0 Å². The zero-order valence-corrected chi connectivity index (χ0v) is 13.6. The average molecular weight is 301 g/mol. The fourth-order valence-electron chi connectivity index (χ4n) is 2.19. The molecule has 5 heteroatoms. The summed E-state index contributed by atoms with van der Waals surface area (Å²) in [5.41, 5.74) is 2.60. The van der Waals surface area contributed by atoms with Crippen molar-refractivity contribution in [2.45, 2.75) is 6.92 Å². The molecule has 0 atom stereocenters. The first kappa shape index (κ1) is 15.8. The molecule has 0 aliphatic heterocycles. The highest BCUT2D eigenvalue weighted by atomic mass is 16.5. The first-order valence-corrected chi connectivity index (χ1v) is 6.94. The highest BCUT2D eigenvalue weighted by Crippen LogP contribution is 2.25. The second-order valence-corrected chi connectivity index (χ2v) is 5.05. The van der Waals surface area contributed by atoms with E-state index in [0.29, 0.717) is 0 Å². The standard InChI is InChI=1S/C17H21N2O3/c1-12-10-14(19(3)17(20)18(12)2)8-6-13-7-9-15(21-4)11-16(13)22-5/h6-11H,1-5H3/q+1/b8-6+. The molecule has 0 fully saturated rings. The second kappa shape index (κ2) is 6.47. The minimum atomic E-state index is -0.0543. The Kier molecular flexibility index (Phi) is 4.65. The highest BCUT2D eigenvalue weighted by Gasteiger charge is 2.11. The van der Waals surface area contributed by atoms with Gasteiger partial charge in [0, 0.05) is 17.7 Å². The third kappa shape index (κ3) is 3.03. The Bertz CT molecular complexity index is 776. The van der Waals surface area contributed by atoms with Crippen molar-refractivity contribution in [2.75, 3.05) is 14.2 Å². The number of rotatable bonds is 4. The molecule has 0 spiro atoms. The molecule has 0 aliphatic rings. The number of hydrogen-bond acceptors (Lipinski definition) is 3. The third-order valence-corrected chi connectivity index (χ3v) is 3.72. The van der Waals surface area contributed by atoms with Crippen molar-refractivity contribution >= 4 is 12.2 Å². The van der Waals surface area contributed by atoms with Gasteiger partial charge in [0.15, 0.2) is 0 Å². The molecule has 0 aliphatic carbocycles. The van der Waals surface area contributed by atoms with Gasteiger partial charge in [0.05, 0.1) is 28.3 Å². The summed E-state index contributed by atoms with van der Waals surface area (Å²) < 4.78 is 13.8. The number of aromatic nitrogens is 2. The smallest absolute Gasteiger partial charge is 0.497 e. The van der Waals surface area contributed by atoms with Gasteiger partial charge in [-0.2, -0.15) is 13.9 Å². The van der Waals surface area contributed by atoms with Crippen LogP contribution in [0.25, 0.3) is 12.2 Å². The summed E-state index contributed by atoms with van der Waals surface area (Å²) in [6.45, 7) is 1.91. The Morgan fingerprint density at radius 3 is 2.50 bits per heavy atom. The summed E-state index contributed by atoms with van der Waals surface area (Å²) >= 11 is 0. The van der Waals surface area contributed by atoms with Crippen LogP contribution in [0.3, 0.4) is 0 Å². The van der Waals surface area contributed by atoms with Crippen LogP contribution >= 0.6 is 0 Å². The SMILES string of the molecule is COc1ccc(/C=C/c2cc(C)n(C)c(=O)[n+]2C)c(OC)c1. The van der Waals surface area contributed by atoms with E-state index in [1.165, 1.54) is 0 Å². The second-order valence-electron chi connectivity index (χ2n) is 5.05. The largest absolute Gasteiger partial charge is 0.498 e. The number of methoxy groups -OCH3 is 2. The molecule has 2 aromatic rings. The third-order valence-electron chi connectivity index (χ3n) is 3.72. The Morgan fingerprint density at radius 2 is 1.86 bits per heavy atom. The normalized spacial score (nSPS) is 11.0. The maximum atomic E-state index is 12.1. The molecule has 1 heterocycles. The lowest BCUT2D eigenvalue weighted by Crippen LogP contribution is -2.53. The molecule has 116 valence electrons. The van der Waals surface area contributed by atoms with E-state index in [1.807, 2.05) is 43.3 Å². The Balaban J connectivity index is 2.43. The van der Waals surface area contributed by atoms with Gasteiger partial charge in [0.25, 0.3) is 0 Å². The van der Waals surface area contributed by atoms with Gasteiger partial charge < -0.3 is 9.47 Å². The van der Waals surface area contributed by atoms with Gasteiger partial charge in [-0.3, -0.25) is 0 Å². The Hall–Kier alpha value is -2.56. The fourth-order valence-corrected chi connectivity index (χ4v) is 2.19. The molecule has 5 nitrogen and oxygen atoms in total. The predicted octanol–water partition coefficient (Wildman–Crippen LogP) is 1.71. The number of benzene rings is 1. The maximum absolute atomic E-state index is 12.1.